The summed E-state index contributed by atoms with van der Waals surface area (Å²) in [6.07, 6.45) is 4.39. The van der Waals surface area contributed by atoms with Crippen molar-refractivity contribution in [2.24, 2.45) is 5.92 Å². The van der Waals surface area contributed by atoms with Crippen LogP contribution in [0.2, 0.25) is 0 Å². The van der Waals surface area contributed by atoms with Crippen LogP contribution in [0, 0.1) is 5.92 Å². The van der Waals surface area contributed by atoms with Crippen LogP contribution >= 0.6 is 0 Å². The Kier molecular flexibility index (Phi) is 6.56. The highest BCUT2D eigenvalue weighted by Gasteiger charge is 2.28. The molecule has 7 nitrogen and oxygen atoms in total. The second-order valence-corrected chi connectivity index (χ2v) is 12.4. The molecule has 0 spiro atoms. The van der Waals surface area contributed by atoms with E-state index in [4.69, 9.17) is 0 Å². The van der Waals surface area contributed by atoms with Crippen LogP contribution in [0.3, 0.4) is 0 Å². The third-order valence-corrected chi connectivity index (χ3v) is 9.42. The number of sulfonamides is 2. The average Bonchev–Trinajstić information content (AvgIpc) is 3.00. The molecule has 1 aliphatic carbocycles. The molecule has 1 aromatic carbocycles. The van der Waals surface area contributed by atoms with Crippen LogP contribution in [0.1, 0.15) is 46.0 Å². The molecule has 1 saturated heterocycles. The molecule has 3 rings (SSSR count). The first-order valence-corrected chi connectivity index (χ1v) is 13.2. The lowest BCUT2D eigenvalue weighted by molar-refractivity contribution is 0.323. The van der Waals surface area contributed by atoms with Gasteiger partial charge < -0.3 is 5.32 Å². The minimum atomic E-state index is -3.20. The average molecular weight is 430 g/mol. The minimum Gasteiger partial charge on any atom is -0.385 e. The van der Waals surface area contributed by atoms with E-state index in [-0.39, 0.29) is 11.8 Å². The highest BCUT2D eigenvalue weighted by Crippen LogP contribution is 2.27. The molecule has 2 N–H and O–H groups in total. The Morgan fingerprint density at radius 1 is 1.11 bits per heavy atom. The zero-order valence-corrected chi connectivity index (χ0v) is 18.2. The quantitative estimate of drug-likeness (QED) is 0.694. The Labute approximate surface area is 169 Å². The molecule has 1 heterocycles. The fraction of sp³-hybridized carbons (Fsp3) is 0.684. The van der Waals surface area contributed by atoms with E-state index in [1.807, 2.05) is 24.3 Å². The Balaban J connectivity index is 1.46. The SMILES string of the molecule is CC(C)S(=O)(=O)N[C@H]1CC[C@H](CNc2ccc(N3CCCS3(=O)=O)cc2)CC1. The van der Waals surface area contributed by atoms with Gasteiger partial charge >= 0.3 is 0 Å². The van der Waals surface area contributed by atoms with Crippen molar-refractivity contribution < 1.29 is 16.8 Å². The van der Waals surface area contributed by atoms with Gasteiger partial charge in [0.25, 0.3) is 0 Å². The van der Waals surface area contributed by atoms with Gasteiger partial charge in [-0.3, -0.25) is 4.31 Å². The topological polar surface area (TPSA) is 95.6 Å². The Hall–Kier alpha value is -1.32. The molecule has 0 bridgehead atoms. The predicted octanol–water partition coefficient (Wildman–Crippen LogP) is 2.53. The molecule has 158 valence electrons. The Morgan fingerprint density at radius 2 is 1.75 bits per heavy atom. The molecule has 2 fully saturated rings. The molecule has 9 heteroatoms. The fourth-order valence-electron chi connectivity index (χ4n) is 3.79. The number of nitrogens with zero attached hydrogens (tertiary/aromatic N) is 1. The molecular weight excluding hydrogens is 398 g/mol. The van der Waals surface area contributed by atoms with Gasteiger partial charge in [-0.05, 0) is 76.1 Å². The summed E-state index contributed by atoms with van der Waals surface area (Å²) >= 11 is 0. The van der Waals surface area contributed by atoms with Gasteiger partial charge in [0, 0.05) is 24.8 Å². The van der Waals surface area contributed by atoms with E-state index >= 15 is 0 Å². The number of nitrogens with one attached hydrogen (secondary N) is 2. The lowest BCUT2D eigenvalue weighted by Gasteiger charge is -2.29. The molecule has 1 saturated carbocycles. The normalized spacial score (nSPS) is 25.2. The largest absolute Gasteiger partial charge is 0.385 e. The minimum absolute atomic E-state index is 0.0466. The van der Waals surface area contributed by atoms with Gasteiger partial charge in [-0.25, -0.2) is 21.6 Å². The lowest BCUT2D eigenvalue weighted by Crippen LogP contribution is -2.41. The van der Waals surface area contributed by atoms with Crippen molar-refractivity contribution in [1.29, 1.82) is 0 Å². The van der Waals surface area contributed by atoms with E-state index in [9.17, 15) is 16.8 Å². The number of benzene rings is 1. The Morgan fingerprint density at radius 3 is 2.29 bits per heavy atom. The van der Waals surface area contributed by atoms with Crippen LogP contribution in [0.25, 0.3) is 0 Å². The van der Waals surface area contributed by atoms with Crippen LogP contribution in [0.4, 0.5) is 11.4 Å². The van der Waals surface area contributed by atoms with Gasteiger partial charge in [-0.15, -0.1) is 0 Å². The van der Waals surface area contributed by atoms with E-state index in [1.54, 1.807) is 13.8 Å². The lowest BCUT2D eigenvalue weighted by atomic mass is 9.86. The molecular formula is C19H31N3O4S2. The highest BCUT2D eigenvalue weighted by molar-refractivity contribution is 7.93. The number of hydrogen-bond donors (Lipinski definition) is 2. The second-order valence-electron chi connectivity index (χ2n) is 8.10. The predicted molar refractivity (Wildman–Crippen MR) is 114 cm³/mol. The van der Waals surface area contributed by atoms with Crippen LogP contribution in [0.15, 0.2) is 24.3 Å². The molecule has 1 aromatic rings. The summed E-state index contributed by atoms with van der Waals surface area (Å²) in [5.74, 6) is 0.738. The number of hydrogen-bond acceptors (Lipinski definition) is 5. The van der Waals surface area contributed by atoms with Gasteiger partial charge in [-0.1, -0.05) is 0 Å². The summed E-state index contributed by atoms with van der Waals surface area (Å²) in [5.41, 5.74) is 1.70. The van der Waals surface area contributed by atoms with E-state index in [2.05, 4.69) is 10.0 Å². The maximum absolute atomic E-state index is 12.0. The zero-order valence-electron chi connectivity index (χ0n) is 16.6. The molecule has 1 aliphatic heterocycles. The fourth-order valence-corrected chi connectivity index (χ4v) is 6.33. The summed E-state index contributed by atoms with van der Waals surface area (Å²) < 4.78 is 52.3. The molecule has 0 atom stereocenters. The summed E-state index contributed by atoms with van der Waals surface area (Å²) in [7, 11) is -6.34. The first-order chi connectivity index (χ1) is 13.2. The number of anilines is 2. The van der Waals surface area contributed by atoms with Crippen molar-refractivity contribution in [3.8, 4) is 0 Å². The van der Waals surface area contributed by atoms with Crippen molar-refractivity contribution in [3.63, 3.8) is 0 Å². The second kappa shape index (κ2) is 8.59. The van der Waals surface area contributed by atoms with E-state index < -0.39 is 25.3 Å². The molecule has 2 aliphatic rings. The smallest absolute Gasteiger partial charge is 0.235 e. The van der Waals surface area contributed by atoms with Crippen LogP contribution in [-0.2, 0) is 20.0 Å². The van der Waals surface area contributed by atoms with E-state index in [1.165, 1.54) is 4.31 Å². The first-order valence-electron chi connectivity index (χ1n) is 10.0. The van der Waals surface area contributed by atoms with Crippen LogP contribution in [-0.4, -0.2) is 47.0 Å². The van der Waals surface area contributed by atoms with Gasteiger partial charge in [0.2, 0.25) is 20.0 Å². The third kappa shape index (κ3) is 5.18. The van der Waals surface area contributed by atoms with Crippen molar-refractivity contribution >= 4 is 31.4 Å². The summed E-state index contributed by atoms with van der Waals surface area (Å²) in [4.78, 5) is 0. The summed E-state index contributed by atoms with van der Waals surface area (Å²) in [6.45, 7) is 4.79. The molecule has 0 amide bonds. The summed E-state index contributed by atoms with van der Waals surface area (Å²) in [5, 5.41) is 3.03. The maximum Gasteiger partial charge on any atom is 0.235 e. The van der Waals surface area contributed by atoms with Crippen LogP contribution < -0.4 is 14.3 Å². The highest BCUT2D eigenvalue weighted by atomic mass is 32.2. The van der Waals surface area contributed by atoms with Crippen molar-refractivity contribution in [2.75, 3.05) is 28.5 Å². The van der Waals surface area contributed by atoms with Gasteiger partial charge in [0.15, 0.2) is 0 Å². The van der Waals surface area contributed by atoms with Crippen molar-refractivity contribution in [1.82, 2.24) is 4.72 Å². The monoisotopic (exact) mass is 429 g/mol. The Bertz CT molecular complexity index is 859. The maximum atomic E-state index is 12.0. The molecule has 28 heavy (non-hydrogen) atoms. The number of rotatable bonds is 7. The van der Waals surface area contributed by atoms with E-state index in [0.717, 1.165) is 43.6 Å². The zero-order chi connectivity index (χ0) is 20.4. The molecule has 0 unspecified atom stereocenters. The van der Waals surface area contributed by atoms with Gasteiger partial charge in [0.1, 0.15) is 0 Å². The van der Waals surface area contributed by atoms with Crippen molar-refractivity contribution in [3.05, 3.63) is 24.3 Å². The molecule has 0 radical (unpaired) electrons. The van der Waals surface area contributed by atoms with Gasteiger partial charge in [-0.2, -0.15) is 0 Å². The molecule has 0 aromatic heterocycles. The van der Waals surface area contributed by atoms with Gasteiger partial charge in [0.05, 0.1) is 16.7 Å². The third-order valence-electron chi connectivity index (χ3n) is 5.65. The first kappa shape index (κ1) is 21.4. The van der Waals surface area contributed by atoms with Crippen LogP contribution in [0.5, 0.6) is 0 Å². The standard InChI is InChI=1S/C19H31N3O4S2/c1-15(2)28(25,26)21-18-6-4-16(5-7-18)14-20-17-8-10-19(11-9-17)22-12-3-13-27(22,23)24/h8-11,15-16,18,20-21H,3-7,12-14H2,1-2H3/t16-,18-. The van der Waals surface area contributed by atoms with Crippen molar-refractivity contribution in [2.45, 2.75) is 57.2 Å². The van der Waals surface area contributed by atoms with E-state index in [0.29, 0.717) is 18.9 Å². The summed E-state index contributed by atoms with van der Waals surface area (Å²) in [6, 6.07) is 7.59.